The van der Waals surface area contributed by atoms with Crippen LogP contribution in [0.1, 0.15) is 18.2 Å². The summed E-state index contributed by atoms with van der Waals surface area (Å²) >= 11 is 0. The Hall–Kier alpha value is -2.23. The maximum absolute atomic E-state index is 11.5. The monoisotopic (exact) mass is 271 g/mol. The zero-order valence-electron chi connectivity index (χ0n) is 12.0. The SMILES string of the molecule is CCn1cccc1CNc1ccccc1CC(=O)NC. The highest BCUT2D eigenvalue weighted by molar-refractivity contribution is 5.80. The second-order valence-corrected chi connectivity index (χ2v) is 4.65. The minimum atomic E-state index is 0.0242. The molecule has 0 aliphatic carbocycles. The average molecular weight is 271 g/mol. The van der Waals surface area contributed by atoms with Gasteiger partial charge in [-0.15, -0.1) is 0 Å². The Labute approximate surface area is 119 Å². The quantitative estimate of drug-likeness (QED) is 0.847. The van der Waals surface area contributed by atoms with Gasteiger partial charge in [0.1, 0.15) is 0 Å². The van der Waals surface area contributed by atoms with Crippen molar-refractivity contribution in [3.63, 3.8) is 0 Å². The standard InChI is InChI=1S/C16H21N3O/c1-3-19-10-6-8-14(19)12-18-15-9-5-4-7-13(15)11-16(20)17-2/h4-10,18H,3,11-12H2,1-2H3,(H,17,20). The summed E-state index contributed by atoms with van der Waals surface area (Å²) in [5.41, 5.74) is 3.27. The average Bonchev–Trinajstić information content (AvgIpc) is 2.93. The van der Waals surface area contributed by atoms with Crippen molar-refractivity contribution in [2.75, 3.05) is 12.4 Å². The molecule has 0 unspecified atom stereocenters. The number of nitrogens with one attached hydrogen (secondary N) is 2. The zero-order valence-corrected chi connectivity index (χ0v) is 12.0. The van der Waals surface area contributed by atoms with Gasteiger partial charge in [-0.2, -0.15) is 0 Å². The van der Waals surface area contributed by atoms with Crippen molar-refractivity contribution in [1.82, 2.24) is 9.88 Å². The molecule has 2 aromatic rings. The van der Waals surface area contributed by atoms with Crippen LogP contribution in [-0.4, -0.2) is 17.5 Å². The fourth-order valence-corrected chi connectivity index (χ4v) is 2.21. The normalized spacial score (nSPS) is 10.3. The minimum absolute atomic E-state index is 0.0242. The molecule has 2 rings (SSSR count). The summed E-state index contributed by atoms with van der Waals surface area (Å²) in [6.07, 6.45) is 2.47. The summed E-state index contributed by atoms with van der Waals surface area (Å²) in [6.45, 7) is 3.85. The number of para-hydroxylation sites is 1. The second kappa shape index (κ2) is 6.80. The predicted molar refractivity (Wildman–Crippen MR) is 81.6 cm³/mol. The summed E-state index contributed by atoms with van der Waals surface area (Å²) in [5.74, 6) is 0.0242. The third-order valence-corrected chi connectivity index (χ3v) is 3.37. The van der Waals surface area contributed by atoms with Crippen LogP contribution in [0.25, 0.3) is 0 Å². The van der Waals surface area contributed by atoms with E-state index in [1.165, 1.54) is 5.69 Å². The van der Waals surface area contributed by atoms with Gasteiger partial charge in [0.15, 0.2) is 0 Å². The molecular formula is C16H21N3O. The molecular weight excluding hydrogens is 250 g/mol. The molecule has 0 radical (unpaired) electrons. The number of hydrogen-bond donors (Lipinski definition) is 2. The first kappa shape index (κ1) is 14.2. The van der Waals surface area contributed by atoms with Crippen LogP contribution in [0.3, 0.4) is 0 Å². The van der Waals surface area contributed by atoms with Crippen LogP contribution in [0.4, 0.5) is 5.69 Å². The van der Waals surface area contributed by atoms with Gasteiger partial charge in [-0.05, 0) is 30.7 Å². The van der Waals surface area contributed by atoms with Gasteiger partial charge in [0.25, 0.3) is 0 Å². The van der Waals surface area contributed by atoms with Gasteiger partial charge in [-0.1, -0.05) is 18.2 Å². The number of carbonyl (C=O) groups excluding carboxylic acids is 1. The Morgan fingerprint density at radius 1 is 1.20 bits per heavy atom. The lowest BCUT2D eigenvalue weighted by molar-refractivity contribution is -0.119. The third kappa shape index (κ3) is 3.41. The van der Waals surface area contributed by atoms with Crippen molar-refractivity contribution in [2.24, 2.45) is 0 Å². The molecule has 1 heterocycles. The molecule has 0 aliphatic rings. The third-order valence-electron chi connectivity index (χ3n) is 3.37. The van der Waals surface area contributed by atoms with Crippen LogP contribution in [0.2, 0.25) is 0 Å². The van der Waals surface area contributed by atoms with Gasteiger partial charge < -0.3 is 15.2 Å². The molecule has 0 bridgehead atoms. The molecule has 1 aromatic heterocycles. The molecule has 2 N–H and O–H groups in total. The zero-order chi connectivity index (χ0) is 14.4. The van der Waals surface area contributed by atoms with E-state index in [1.807, 2.05) is 24.3 Å². The van der Waals surface area contributed by atoms with Crippen LogP contribution in [0.5, 0.6) is 0 Å². The number of anilines is 1. The molecule has 4 heteroatoms. The molecule has 1 aromatic carbocycles. The molecule has 0 saturated carbocycles. The Morgan fingerprint density at radius 3 is 2.75 bits per heavy atom. The summed E-state index contributed by atoms with van der Waals surface area (Å²) in [4.78, 5) is 11.5. The van der Waals surface area contributed by atoms with Gasteiger partial charge >= 0.3 is 0 Å². The summed E-state index contributed by atoms with van der Waals surface area (Å²) < 4.78 is 2.20. The number of benzene rings is 1. The molecule has 106 valence electrons. The fourth-order valence-electron chi connectivity index (χ4n) is 2.21. The van der Waals surface area contributed by atoms with Crippen molar-refractivity contribution in [1.29, 1.82) is 0 Å². The van der Waals surface area contributed by atoms with E-state index in [0.717, 1.165) is 24.3 Å². The topological polar surface area (TPSA) is 46.1 Å². The Morgan fingerprint density at radius 2 is 2.00 bits per heavy atom. The van der Waals surface area contributed by atoms with Crippen LogP contribution in [-0.2, 0) is 24.3 Å². The molecule has 0 atom stereocenters. The van der Waals surface area contributed by atoms with Gasteiger partial charge in [0.05, 0.1) is 13.0 Å². The minimum Gasteiger partial charge on any atom is -0.379 e. The Balaban J connectivity index is 2.07. The molecule has 0 spiro atoms. The van der Waals surface area contributed by atoms with E-state index in [1.54, 1.807) is 7.05 Å². The Kier molecular flexibility index (Phi) is 4.82. The number of likely N-dealkylation sites (N-methyl/N-ethyl adjacent to an activating group) is 1. The van der Waals surface area contributed by atoms with E-state index in [-0.39, 0.29) is 5.91 Å². The maximum atomic E-state index is 11.5. The van der Waals surface area contributed by atoms with Crippen LogP contribution in [0.15, 0.2) is 42.6 Å². The Bertz CT molecular complexity index is 575. The van der Waals surface area contributed by atoms with Crippen molar-refractivity contribution < 1.29 is 4.79 Å². The highest BCUT2D eigenvalue weighted by Gasteiger charge is 2.06. The lowest BCUT2D eigenvalue weighted by Gasteiger charge is -2.13. The summed E-state index contributed by atoms with van der Waals surface area (Å²) in [6, 6.07) is 12.1. The van der Waals surface area contributed by atoms with Gasteiger partial charge in [0, 0.05) is 31.2 Å². The van der Waals surface area contributed by atoms with Crippen LogP contribution in [0, 0.1) is 0 Å². The molecule has 4 nitrogen and oxygen atoms in total. The second-order valence-electron chi connectivity index (χ2n) is 4.65. The lowest BCUT2D eigenvalue weighted by Crippen LogP contribution is -2.20. The van der Waals surface area contributed by atoms with E-state index >= 15 is 0 Å². The largest absolute Gasteiger partial charge is 0.379 e. The number of aryl methyl sites for hydroxylation is 1. The van der Waals surface area contributed by atoms with E-state index in [9.17, 15) is 4.79 Å². The van der Waals surface area contributed by atoms with Crippen molar-refractivity contribution in [3.8, 4) is 0 Å². The predicted octanol–water partition coefficient (Wildman–Crippen LogP) is 2.41. The first-order valence-electron chi connectivity index (χ1n) is 6.91. The number of carbonyl (C=O) groups is 1. The number of rotatable bonds is 6. The number of nitrogens with zero attached hydrogens (tertiary/aromatic N) is 1. The van der Waals surface area contributed by atoms with Crippen molar-refractivity contribution >= 4 is 11.6 Å². The first-order chi connectivity index (χ1) is 9.74. The number of aromatic nitrogens is 1. The summed E-state index contributed by atoms with van der Waals surface area (Å²) in [7, 11) is 1.66. The number of amides is 1. The van der Waals surface area contributed by atoms with E-state index in [4.69, 9.17) is 0 Å². The smallest absolute Gasteiger partial charge is 0.224 e. The summed E-state index contributed by atoms with van der Waals surface area (Å²) in [5, 5.41) is 6.08. The van der Waals surface area contributed by atoms with Crippen molar-refractivity contribution in [2.45, 2.75) is 26.4 Å². The van der Waals surface area contributed by atoms with Crippen molar-refractivity contribution in [3.05, 3.63) is 53.9 Å². The fraction of sp³-hybridized carbons (Fsp3) is 0.312. The molecule has 20 heavy (non-hydrogen) atoms. The maximum Gasteiger partial charge on any atom is 0.224 e. The van der Waals surface area contributed by atoms with E-state index < -0.39 is 0 Å². The van der Waals surface area contributed by atoms with Gasteiger partial charge in [0.2, 0.25) is 5.91 Å². The van der Waals surface area contributed by atoms with Crippen LogP contribution < -0.4 is 10.6 Å². The highest BCUT2D eigenvalue weighted by Crippen LogP contribution is 2.17. The molecule has 0 aliphatic heterocycles. The van der Waals surface area contributed by atoms with E-state index in [2.05, 4.69) is 40.5 Å². The number of hydrogen-bond acceptors (Lipinski definition) is 2. The highest BCUT2D eigenvalue weighted by atomic mass is 16.1. The molecule has 0 fully saturated rings. The van der Waals surface area contributed by atoms with Crippen LogP contribution >= 0.6 is 0 Å². The molecule has 0 saturated heterocycles. The van der Waals surface area contributed by atoms with Gasteiger partial charge in [-0.25, -0.2) is 0 Å². The molecule has 1 amide bonds. The van der Waals surface area contributed by atoms with Gasteiger partial charge in [-0.3, -0.25) is 4.79 Å². The lowest BCUT2D eigenvalue weighted by atomic mass is 10.1. The first-order valence-corrected chi connectivity index (χ1v) is 6.91. The van der Waals surface area contributed by atoms with E-state index in [0.29, 0.717) is 6.42 Å².